The minimum atomic E-state index is -0.463. The van der Waals surface area contributed by atoms with Gasteiger partial charge in [-0.25, -0.2) is 9.07 Å². The summed E-state index contributed by atoms with van der Waals surface area (Å²) in [5.41, 5.74) is 1.15. The molecule has 0 unspecified atom stereocenters. The highest BCUT2D eigenvalue weighted by Crippen LogP contribution is 2.27. The Morgan fingerprint density at radius 2 is 2.05 bits per heavy atom. The lowest BCUT2D eigenvalue weighted by Crippen LogP contribution is -2.06. The lowest BCUT2D eigenvalue weighted by Gasteiger charge is -2.06. The minimum absolute atomic E-state index is 0.0374. The average molecular weight is 264 g/mol. The molecule has 19 heavy (non-hydrogen) atoms. The van der Waals surface area contributed by atoms with Crippen LogP contribution < -0.4 is 5.32 Å². The molecule has 0 aliphatic rings. The smallest absolute Gasteiger partial charge is 0.333 e. The number of nitrogens with one attached hydrogen (secondary N) is 1. The highest BCUT2D eigenvalue weighted by Gasteiger charge is 2.23. The highest BCUT2D eigenvalue weighted by atomic mass is 19.1. The molecule has 2 aromatic rings. The van der Waals surface area contributed by atoms with Crippen molar-refractivity contribution in [2.75, 3.05) is 5.32 Å². The van der Waals surface area contributed by atoms with E-state index in [1.54, 1.807) is 26.1 Å². The zero-order valence-corrected chi connectivity index (χ0v) is 10.6. The first-order valence-electron chi connectivity index (χ1n) is 5.65. The lowest BCUT2D eigenvalue weighted by atomic mass is 10.2. The number of hydrogen-bond donors (Lipinski definition) is 1. The zero-order chi connectivity index (χ0) is 14.0. The van der Waals surface area contributed by atoms with Crippen molar-refractivity contribution in [3.05, 3.63) is 51.5 Å². The fourth-order valence-electron chi connectivity index (χ4n) is 1.85. The van der Waals surface area contributed by atoms with E-state index in [1.807, 2.05) is 0 Å². The molecule has 7 heteroatoms. The second kappa shape index (κ2) is 5.05. The number of hydrogen-bond acceptors (Lipinski definition) is 4. The topological polar surface area (TPSA) is 73.0 Å². The van der Waals surface area contributed by atoms with Gasteiger partial charge in [0.2, 0.25) is 5.82 Å². The molecule has 1 aromatic carbocycles. The summed E-state index contributed by atoms with van der Waals surface area (Å²) in [4.78, 5) is 10.5. The largest absolute Gasteiger partial charge is 0.360 e. The molecular weight excluding hydrogens is 251 g/mol. The van der Waals surface area contributed by atoms with Crippen LogP contribution in [-0.2, 0) is 13.6 Å². The van der Waals surface area contributed by atoms with E-state index in [2.05, 4.69) is 10.4 Å². The zero-order valence-electron chi connectivity index (χ0n) is 10.6. The summed E-state index contributed by atoms with van der Waals surface area (Å²) in [6.07, 6.45) is 0. The monoisotopic (exact) mass is 264 g/mol. The first-order chi connectivity index (χ1) is 8.99. The summed E-state index contributed by atoms with van der Waals surface area (Å²) >= 11 is 0. The Balaban J connectivity index is 2.20. The maximum absolute atomic E-state index is 12.8. The molecule has 0 amide bonds. The van der Waals surface area contributed by atoms with Gasteiger partial charge in [-0.1, -0.05) is 12.1 Å². The number of benzene rings is 1. The van der Waals surface area contributed by atoms with Gasteiger partial charge in [-0.05, 0) is 24.6 Å². The molecule has 1 N–H and O–H groups in total. The first-order valence-corrected chi connectivity index (χ1v) is 5.65. The summed E-state index contributed by atoms with van der Waals surface area (Å²) in [6, 6.07) is 5.94. The molecule has 6 nitrogen and oxygen atoms in total. The van der Waals surface area contributed by atoms with Crippen molar-refractivity contribution in [1.29, 1.82) is 0 Å². The SMILES string of the molecule is Cc1nn(C)c(NCc2ccc(F)cc2)c1[N+](=O)[O-]. The van der Waals surface area contributed by atoms with Crippen LogP contribution in [0.1, 0.15) is 11.3 Å². The van der Waals surface area contributed by atoms with Gasteiger partial charge in [0.25, 0.3) is 0 Å². The number of aryl methyl sites for hydroxylation is 2. The van der Waals surface area contributed by atoms with Gasteiger partial charge in [0.1, 0.15) is 11.5 Å². The molecule has 0 saturated heterocycles. The Morgan fingerprint density at radius 3 is 2.63 bits per heavy atom. The van der Waals surface area contributed by atoms with Crippen LogP contribution in [0.3, 0.4) is 0 Å². The molecule has 100 valence electrons. The Hall–Kier alpha value is -2.44. The van der Waals surface area contributed by atoms with Crippen molar-refractivity contribution < 1.29 is 9.31 Å². The van der Waals surface area contributed by atoms with Gasteiger partial charge in [-0.2, -0.15) is 5.10 Å². The van der Waals surface area contributed by atoms with Gasteiger partial charge in [0.05, 0.1) is 4.92 Å². The van der Waals surface area contributed by atoms with Crippen molar-refractivity contribution in [2.24, 2.45) is 7.05 Å². The Morgan fingerprint density at radius 1 is 1.42 bits per heavy atom. The number of aromatic nitrogens is 2. The van der Waals surface area contributed by atoms with E-state index in [0.717, 1.165) is 5.56 Å². The van der Waals surface area contributed by atoms with Gasteiger partial charge < -0.3 is 5.32 Å². The third kappa shape index (κ3) is 2.70. The van der Waals surface area contributed by atoms with Crippen LogP contribution in [0.4, 0.5) is 15.9 Å². The van der Waals surface area contributed by atoms with Crippen molar-refractivity contribution in [3.8, 4) is 0 Å². The van der Waals surface area contributed by atoms with Crippen LogP contribution in [0.5, 0.6) is 0 Å². The third-order valence-corrected chi connectivity index (χ3v) is 2.75. The van der Waals surface area contributed by atoms with Crippen molar-refractivity contribution in [2.45, 2.75) is 13.5 Å². The van der Waals surface area contributed by atoms with E-state index < -0.39 is 4.92 Å². The van der Waals surface area contributed by atoms with Crippen LogP contribution in [0.25, 0.3) is 0 Å². The molecule has 0 saturated carbocycles. The summed E-state index contributed by atoms with van der Waals surface area (Å²) in [5.74, 6) is 0.0259. The molecular formula is C12H13FN4O2. The maximum atomic E-state index is 12.8. The number of rotatable bonds is 4. The second-order valence-corrected chi connectivity index (χ2v) is 4.14. The predicted octanol–water partition coefficient (Wildman–Crippen LogP) is 2.39. The molecule has 1 heterocycles. The standard InChI is InChI=1S/C12H13FN4O2/c1-8-11(17(18)19)12(16(2)15-8)14-7-9-3-5-10(13)6-4-9/h3-6,14H,7H2,1-2H3. The first kappa shape index (κ1) is 13.0. The summed E-state index contributed by atoms with van der Waals surface area (Å²) in [7, 11) is 1.63. The lowest BCUT2D eigenvalue weighted by molar-refractivity contribution is -0.384. The van der Waals surface area contributed by atoms with E-state index in [1.165, 1.54) is 16.8 Å². The molecule has 0 spiro atoms. The van der Waals surface area contributed by atoms with Gasteiger partial charge in [0.15, 0.2) is 0 Å². The number of nitrogens with zero attached hydrogens (tertiary/aromatic N) is 3. The van der Waals surface area contributed by atoms with Gasteiger partial charge in [-0.15, -0.1) is 0 Å². The fourth-order valence-corrected chi connectivity index (χ4v) is 1.85. The Bertz CT molecular complexity index is 607. The molecule has 0 fully saturated rings. The molecule has 0 aliphatic heterocycles. The average Bonchev–Trinajstić information content (AvgIpc) is 2.63. The quantitative estimate of drug-likeness (QED) is 0.679. The molecule has 0 aliphatic carbocycles. The highest BCUT2D eigenvalue weighted by molar-refractivity contribution is 5.59. The van der Waals surface area contributed by atoms with E-state index in [0.29, 0.717) is 18.1 Å². The maximum Gasteiger partial charge on any atom is 0.333 e. The minimum Gasteiger partial charge on any atom is -0.360 e. The van der Waals surface area contributed by atoms with Crippen molar-refractivity contribution >= 4 is 11.5 Å². The summed E-state index contributed by atoms with van der Waals surface area (Å²) < 4.78 is 14.2. The molecule has 1 aromatic heterocycles. The third-order valence-electron chi connectivity index (χ3n) is 2.75. The van der Waals surface area contributed by atoms with Crippen LogP contribution in [0.2, 0.25) is 0 Å². The van der Waals surface area contributed by atoms with Crippen molar-refractivity contribution in [1.82, 2.24) is 9.78 Å². The van der Waals surface area contributed by atoms with Gasteiger partial charge >= 0.3 is 5.69 Å². The molecule has 2 rings (SSSR count). The van der Waals surface area contributed by atoms with E-state index in [4.69, 9.17) is 0 Å². The second-order valence-electron chi connectivity index (χ2n) is 4.14. The van der Waals surface area contributed by atoms with E-state index in [9.17, 15) is 14.5 Å². The predicted molar refractivity (Wildman–Crippen MR) is 68.3 cm³/mol. The van der Waals surface area contributed by atoms with Gasteiger partial charge in [-0.3, -0.25) is 10.1 Å². The summed E-state index contributed by atoms with van der Waals surface area (Å²) in [5, 5.41) is 17.9. The molecule has 0 radical (unpaired) electrons. The van der Waals surface area contributed by atoms with Crippen LogP contribution in [0, 0.1) is 22.9 Å². The van der Waals surface area contributed by atoms with Crippen LogP contribution >= 0.6 is 0 Å². The van der Waals surface area contributed by atoms with Gasteiger partial charge in [0, 0.05) is 13.6 Å². The summed E-state index contributed by atoms with van der Waals surface area (Å²) in [6.45, 7) is 1.95. The van der Waals surface area contributed by atoms with E-state index in [-0.39, 0.29) is 11.5 Å². The molecule has 0 bridgehead atoms. The molecule has 0 atom stereocenters. The Kier molecular flexibility index (Phi) is 3.46. The number of nitro groups is 1. The Labute approximate surface area is 109 Å². The normalized spacial score (nSPS) is 10.5. The van der Waals surface area contributed by atoms with E-state index >= 15 is 0 Å². The van der Waals surface area contributed by atoms with Crippen LogP contribution in [0.15, 0.2) is 24.3 Å². The number of anilines is 1. The van der Waals surface area contributed by atoms with Crippen LogP contribution in [-0.4, -0.2) is 14.7 Å². The fraction of sp³-hybridized carbons (Fsp3) is 0.250. The van der Waals surface area contributed by atoms with Crippen molar-refractivity contribution in [3.63, 3.8) is 0 Å². The number of halogens is 1.